The van der Waals surface area contributed by atoms with Crippen LogP contribution in [0, 0.1) is 5.92 Å². The molecule has 0 saturated carbocycles. The number of guanidine groups is 2. The Morgan fingerprint density at radius 2 is 0.972 bits per heavy atom. The van der Waals surface area contributed by atoms with E-state index in [9.17, 15) is 72.9 Å². The molecule has 0 unspecified atom stereocenters. The molecule has 0 spiro atoms. The lowest BCUT2D eigenvalue weighted by Gasteiger charge is -2.34. The van der Waals surface area contributed by atoms with Gasteiger partial charge in [0, 0.05) is 50.7 Å². The molecular formula is C67H105N21O18S2. The topological polar surface area (TPSA) is 614 Å². The maximum atomic E-state index is 15.3. The molecule has 5 heterocycles. The number of nitrogens with zero attached hydrogens (tertiary/aromatic N) is 5. The Bertz CT molecular complexity index is 3430. The predicted octanol–water partition coefficient (Wildman–Crippen LogP) is -7.29. The first-order chi connectivity index (χ1) is 51.5. The zero-order valence-electron chi connectivity index (χ0n) is 60.8. The summed E-state index contributed by atoms with van der Waals surface area (Å²) < 4.78 is 0. The molecule has 0 aliphatic carbocycles. The molecular weight excluding hydrogens is 1450 g/mol. The average molecular weight is 1560 g/mol. The molecule has 39 nitrogen and oxygen atoms in total. The van der Waals surface area contributed by atoms with Gasteiger partial charge < -0.3 is 117 Å². The number of carboxylic acid groups (broad SMARTS) is 1. The smallest absolute Gasteiger partial charge is 0.305 e. The summed E-state index contributed by atoms with van der Waals surface area (Å²) in [6.45, 7) is 2.53. The van der Waals surface area contributed by atoms with Crippen molar-refractivity contribution in [2.24, 2.45) is 44.6 Å². The van der Waals surface area contributed by atoms with Crippen molar-refractivity contribution in [2.45, 2.75) is 208 Å². The second-order valence-corrected chi connectivity index (χ2v) is 29.7. The number of aliphatic hydroxyl groups excluding tert-OH is 2. The van der Waals surface area contributed by atoms with Gasteiger partial charge in [-0.05, 0) is 108 Å². The highest BCUT2D eigenvalue weighted by Crippen LogP contribution is 2.29. The number of nitrogens with two attached hydrogens (primary N) is 5. The zero-order chi connectivity index (χ0) is 79.3. The normalized spacial score (nSPS) is 27.7. The summed E-state index contributed by atoms with van der Waals surface area (Å²) in [5.41, 5.74) is 28.6. The van der Waals surface area contributed by atoms with Gasteiger partial charge in [-0.2, -0.15) is 0 Å². The fourth-order valence-corrected chi connectivity index (χ4v) is 15.4. The molecule has 5 aliphatic rings. The average Bonchev–Trinajstić information content (AvgIpc) is 1.63. The van der Waals surface area contributed by atoms with E-state index in [1.54, 1.807) is 44.2 Å². The second kappa shape index (κ2) is 43.4. The number of amides is 14. The highest BCUT2D eigenvalue weighted by Gasteiger charge is 2.47. The summed E-state index contributed by atoms with van der Waals surface area (Å²) in [6, 6.07) is -12.0. The Labute approximate surface area is 632 Å². The quantitative estimate of drug-likeness (QED) is 0.0250. The van der Waals surface area contributed by atoms with Gasteiger partial charge in [-0.3, -0.25) is 81.9 Å². The van der Waals surface area contributed by atoms with Crippen molar-refractivity contribution in [2.75, 3.05) is 63.9 Å². The predicted molar refractivity (Wildman–Crippen MR) is 395 cm³/mol. The maximum absolute atomic E-state index is 15.3. The fourth-order valence-electron chi connectivity index (χ4n) is 13.0. The third-order valence-corrected chi connectivity index (χ3v) is 21.5. The van der Waals surface area contributed by atoms with E-state index in [0.29, 0.717) is 24.8 Å². The minimum Gasteiger partial charge on any atom is -0.481 e. The monoisotopic (exact) mass is 1560 g/mol. The summed E-state index contributed by atoms with van der Waals surface area (Å²) >= 11 is 0. The van der Waals surface area contributed by atoms with E-state index >= 15 is 14.4 Å². The van der Waals surface area contributed by atoms with E-state index in [1.807, 2.05) is 0 Å². The lowest BCUT2D eigenvalue weighted by atomic mass is 9.97. The molecule has 41 heteroatoms. The van der Waals surface area contributed by atoms with Crippen LogP contribution in [-0.4, -0.2) is 279 Å². The van der Waals surface area contributed by atoms with Gasteiger partial charge in [0.2, 0.25) is 82.7 Å². The number of aliphatic imine (C=N–C) groups is 2. The summed E-state index contributed by atoms with van der Waals surface area (Å²) in [5, 5.41) is 60.0. The summed E-state index contributed by atoms with van der Waals surface area (Å²) in [7, 11) is 1.68. The number of aliphatic carboxylic acids is 1. The number of carbonyl (C=O) groups excluding carboxylic acids is 14. The highest BCUT2D eigenvalue weighted by atomic mass is 33.1. The number of carboxylic acids is 1. The third-order valence-electron chi connectivity index (χ3n) is 19.1. The van der Waals surface area contributed by atoms with E-state index in [0.717, 1.165) is 28.5 Å². The largest absolute Gasteiger partial charge is 0.481 e. The fraction of sp³-hybridized carbons (Fsp3) is 0.657. The maximum Gasteiger partial charge on any atom is 0.305 e. The lowest BCUT2D eigenvalue weighted by molar-refractivity contribution is -0.148. The van der Waals surface area contributed by atoms with Crippen molar-refractivity contribution in [3.05, 3.63) is 35.9 Å². The SMILES string of the molecule is CC[C@H](C)[C@@H]1NC(=O)[C@@H]2CCCN2C(=O)[C@@H]2CCCN2C(=O)[C@H](CCCN=C(N)N)NC(=O)[C@H](CO)NC(=O)[C@H](CCCCN)NC(=O)[C@H]([C@@H](C)O)NC(=O)[C@@H]2CSSC[C@H](NC1=O)C(=O)N[C@@H](Cc1ccccc1)C(=O)N1CCC[C@H]1C(=O)N[C@@H](CC(=O)O)C(=O)NCC(=O)N[C@@H](CCCN=C(N)N)C(=O)N2. The molecule has 15 atom stereocenters. The molecule has 0 aromatic heterocycles. The number of aliphatic hydroxyl groups is 2. The van der Waals surface area contributed by atoms with Crippen LogP contribution in [0.5, 0.6) is 0 Å². The van der Waals surface area contributed by atoms with Crippen molar-refractivity contribution >= 4 is 122 Å². The molecule has 6 rings (SSSR count). The van der Waals surface area contributed by atoms with Gasteiger partial charge in [-0.25, -0.2) is 0 Å². The standard InChI is InChI=1S/C67H105N21O18S2/c1-4-35(2)51-61(102)83-44-33-107-108-34-45(82-54(95)38(18-10-24-73-66(69)70)76-49(91)31-75-53(94)41(30-50(92)93)79-59(100)46-20-12-26-86(46)64(105)42(80-57(44)98)29-37-15-6-5-7-16-37)58(99)85-52(36(3)90)62(103)77-39(17-8-9-23-68)55(96)81-43(32-89)56(97)78-40(19-11-25-74-67(71)72)63(104)88-28-14-22-48(88)65(106)87-27-13-21-47(87)60(101)84-51/h5-7,15-16,35-36,38-48,51-52,89-90H,4,8-14,17-34,68H2,1-3H3,(H,75,94)(H,76,91)(H,77,103)(H,78,97)(H,79,100)(H,80,98)(H,81,96)(H,82,95)(H,83,102)(H,84,101)(H,85,99)(H,92,93)(H4,69,70,73)(H4,71,72,74)/t35-,36+,38-,39-,40-,41-,42-,43-,44-,45-,46-,47-,48-,51-,52-/m0/s1. The summed E-state index contributed by atoms with van der Waals surface area (Å²) in [5.74, 6) is -17.4. The van der Waals surface area contributed by atoms with Crippen molar-refractivity contribution < 1.29 is 87.2 Å². The van der Waals surface area contributed by atoms with Crippen molar-refractivity contribution in [1.29, 1.82) is 0 Å². The molecule has 108 heavy (non-hydrogen) atoms. The number of nitrogens with one attached hydrogen (secondary N) is 11. The lowest BCUT2D eigenvalue weighted by Crippen LogP contribution is -2.62. The van der Waals surface area contributed by atoms with Crippen LogP contribution < -0.4 is 87.2 Å². The third kappa shape index (κ3) is 26.1. The first kappa shape index (κ1) is 87.3. The Balaban J connectivity index is 1.51. The van der Waals surface area contributed by atoms with Crippen LogP contribution in [0.15, 0.2) is 40.3 Å². The van der Waals surface area contributed by atoms with Gasteiger partial charge in [-0.1, -0.05) is 72.2 Å². The second-order valence-electron chi connectivity index (χ2n) is 27.2. The van der Waals surface area contributed by atoms with Crippen LogP contribution in [0.4, 0.5) is 0 Å². The molecule has 5 fully saturated rings. The van der Waals surface area contributed by atoms with Gasteiger partial charge in [0.15, 0.2) is 11.9 Å². The summed E-state index contributed by atoms with van der Waals surface area (Å²) in [6.07, 6.45) is -1.72. The van der Waals surface area contributed by atoms with Crippen LogP contribution in [0.1, 0.15) is 123 Å². The van der Waals surface area contributed by atoms with Crippen LogP contribution >= 0.6 is 21.6 Å². The molecule has 1 aromatic carbocycles. The summed E-state index contributed by atoms with van der Waals surface area (Å²) in [4.78, 5) is 229. The van der Waals surface area contributed by atoms with Crippen LogP contribution in [0.3, 0.4) is 0 Å². The molecule has 0 radical (unpaired) electrons. The van der Waals surface area contributed by atoms with Crippen molar-refractivity contribution in [3.8, 4) is 0 Å². The van der Waals surface area contributed by atoms with Gasteiger partial charge in [0.25, 0.3) is 0 Å². The van der Waals surface area contributed by atoms with Crippen molar-refractivity contribution in [1.82, 2.24) is 73.2 Å². The molecule has 5 aliphatic heterocycles. The number of unbranched alkanes of at least 4 members (excludes halogenated alkanes) is 1. The van der Waals surface area contributed by atoms with Crippen LogP contribution in [0.25, 0.3) is 0 Å². The van der Waals surface area contributed by atoms with Gasteiger partial charge in [-0.15, -0.1) is 0 Å². The van der Waals surface area contributed by atoms with Crippen LogP contribution in [0.2, 0.25) is 0 Å². The van der Waals surface area contributed by atoms with Gasteiger partial charge >= 0.3 is 5.97 Å². The first-order valence-electron chi connectivity index (χ1n) is 36.3. The molecule has 2 bridgehead atoms. The number of benzene rings is 1. The molecule has 24 N–H and O–H groups in total. The Morgan fingerprint density at radius 1 is 0.519 bits per heavy atom. The van der Waals surface area contributed by atoms with E-state index in [2.05, 4.69) is 68.5 Å². The number of fused-ring (bicyclic) bond motifs is 8. The van der Waals surface area contributed by atoms with Gasteiger partial charge in [0.05, 0.1) is 25.7 Å². The number of carbonyl (C=O) groups is 15. The Hall–Kier alpha value is -9.61. The Kier molecular flexibility index (Phi) is 35.1. The number of hydrogen-bond donors (Lipinski definition) is 19. The highest BCUT2D eigenvalue weighted by molar-refractivity contribution is 8.76. The minimum atomic E-state index is -1.97. The van der Waals surface area contributed by atoms with E-state index < -0.39 is 210 Å². The Morgan fingerprint density at radius 3 is 1.54 bits per heavy atom. The zero-order valence-corrected chi connectivity index (χ0v) is 62.5. The van der Waals surface area contributed by atoms with Crippen LogP contribution in [-0.2, 0) is 78.3 Å². The van der Waals surface area contributed by atoms with E-state index in [1.165, 1.54) is 14.7 Å². The minimum absolute atomic E-state index is 0.0128. The number of rotatable bonds is 20. The molecule has 14 amide bonds. The van der Waals surface area contributed by atoms with Crippen molar-refractivity contribution in [3.63, 3.8) is 0 Å². The van der Waals surface area contributed by atoms with E-state index in [4.69, 9.17) is 28.7 Å². The first-order valence-corrected chi connectivity index (χ1v) is 38.8. The molecule has 1 aromatic rings. The van der Waals surface area contributed by atoms with E-state index in [-0.39, 0.29) is 128 Å². The molecule has 598 valence electrons. The van der Waals surface area contributed by atoms with Gasteiger partial charge in [0.1, 0.15) is 78.5 Å². The number of hydrogen-bond acceptors (Lipinski definition) is 22. The molecule has 5 saturated heterocycles.